The van der Waals surface area contributed by atoms with E-state index in [2.05, 4.69) is 31.2 Å². The van der Waals surface area contributed by atoms with Gasteiger partial charge in [-0.05, 0) is 60.1 Å². The molecule has 0 radical (unpaired) electrons. The lowest BCUT2D eigenvalue weighted by molar-refractivity contribution is 0.224. The van der Waals surface area contributed by atoms with Gasteiger partial charge in [0.25, 0.3) is 0 Å². The number of benzene rings is 3. The van der Waals surface area contributed by atoms with Crippen LogP contribution < -0.4 is 9.47 Å². The fourth-order valence-electron chi connectivity index (χ4n) is 3.38. The first-order chi connectivity index (χ1) is 13.7. The fraction of sp³-hybridized carbons (Fsp3) is 0.280. The molecule has 0 spiro atoms. The van der Waals surface area contributed by atoms with Gasteiger partial charge in [-0.1, -0.05) is 60.7 Å². The zero-order valence-electron chi connectivity index (χ0n) is 16.6. The van der Waals surface area contributed by atoms with Crippen molar-refractivity contribution in [3.8, 4) is 11.5 Å². The highest BCUT2D eigenvalue weighted by Crippen LogP contribution is 2.30. The minimum Gasteiger partial charge on any atom is -0.493 e. The summed E-state index contributed by atoms with van der Waals surface area (Å²) in [5.41, 5.74) is 4.81. The summed E-state index contributed by atoms with van der Waals surface area (Å²) in [7, 11) is 1.66. The Morgan fingerprint density at radius 1 is 0.821 bits per heavy atom. The Bertz CT molecular complexity index is 874. The number of hydrogen-bond acceptors (Lipinski definition) is 3. The van der Waals surface area contributed by atoms with E-state index in [-0.39, 0.29) is 12.5 Å². The minimum atomic E-state index is 0.156. The van der Waals surface area contributed by atoms with E-state index in [0.29, 0.717) is 6.61 Å². The molecule has 0 amide bonds. The summed E-state index contributed by atoms with van der Waals surface area (Å²) in [4.78, 5) is 0. The van der Waals surface area contributed by atoms with Crippen LogP contribution in [0, 0.1) is 12.8 Å². The predicted octanol–water partition coefficient (Wildman–Crippen LogP) is 4.98. The van der Waals surface area contributed by atoms with Crippen LogP contribution in [0.1, 0.15) is 22.3 Å². The number of aryl methyl sites for hydroxylation is 1. The standard InChI is InChI=1S/C25H28O3/c1-19-8-6-7-11-23(19)15-22(17-26)14-21-12-13-24(25(16-21)27-2)28-18-20-9-4-3-5-10-20/h3-13,16,22,26H,14-15,17-18H2,1-2H3/i2+1. The molecule has 1 unspecified atom stereocenters. The Morgan fingerprint density at radius 2 is 1.57 bits per heavy atom. The van der Waals surface area contributed by atoms with Gasteiger partial charge in [-0.15, -0.1) is 0 Å². The molecule has 3 aromatic carbocycles. The predicted molar refractivity (Wildman–Crippen MR) is 113 cm³/mol. The molecule has 1 atom stereocenters. The Balaban J connectivity index is 1.67. The van der Waals surface area contributed by atoms with Crippen LogP contribution in [0.5, 0.6) is 11.5 Å². The second-order valence-corrected chi connectivity index (χ2v) is 7.14. The first kappa shape index (κ1) is 20.0. The second-order valence-electron chi connectivity index (χ2n) is 7.14. The number of aliphatic hydroxyl groups is 1. The molecule has 0 bridgehead atoms. The average molecular weight is 377 g/mol. The van der Waals surface area contributed by atoms with E-state index in [1.165, 1.54) is 11.1 Å². The van der Waals surface area contributed by atoms with E-state index in [1.807, 2.05) is 48.5 Å². The van der Waals surface area contributed by atoms with Gasteiger partial charge in [-0.3, -0.25) is 0 Å². The lowest BCUT2D eigenvalue weighted by Gasteiger charge is -2.17. The molecule has 3 heteroatoms. The van der Waals surface area contributed by atoms with Gasteiger partial charge in [-0.25, -0.2) is 0 Å². The molecule has 146 valence electrons. The van der Waals surface area contributed by atoms with E-state index in [1.54, 1.807) is 7.11 Å². The van der Waals surface area contributed by atoms with Crippen molar-refractivity contribution in [2.24, 2.45) is 5.92 Å². The molecule has 3 nitrogen and oxygen atoms in total. The maximum atomic E-state index is 9.87. The number of hydrogen-bond donors (Lipinski definition) is 1. The summed E-state index contributed by atoms with van der Waals surface area (Å²) >= 11 is 0. The normalized spacial score (nSPS) is 11.8. The molecule has 0 aromatic heterocycles. The first-order valence-electron chi connectivity index (χ1n) is 9.68. The molecule has 0 aliphatic heterocycles. The molecule has 0 saturated carbocycles. The molecule has 3 aromatic rings. The third kappa shape index (κ3) is 5.37. The fourth-order valence-corrected chi connectivity index (χ4v) is 3.38. The zero-order chi connectivity index (χ0) is 19.8. The van der Waals surface area contributed by atoms with Crippen LogP contribution in [0.15, 0.2) is 72.8 Å². The van der Waals surface area contributed by atoms with Gasteiger partial charge in [0.15, 0.2) is 11.5 Å². The van der Waals surface area contributed by atoms with Crippen molar-refractivity contribution in [3.63, 3.8) is 0 Å². The summed E-state index contributed by atoms with van der Waals surface area (Å²) in [6.45, 7) is 2.78. The van der Waals surface area contributed by atoms with Crippen molar-refractivity contribution in [3.05, 3.63) is 95.1 Å². The number of aliphatic hydroxyl groups excluding tert-OH is 1. The molecule has 3 rings (SSSR count). The van der Waals surface area contributed by atoms with Crippen LogP contribution in [0.2, 0.25) is 0 Å². The van der Waals surface area contributed by atoms with Crippen LogP contribution in [-0.2, 0) is 19.4 Å². The van der Waals surface area contributed by atoms with Crippen LogP contribution in [0.4, 0.5) is 0 Å². The van der Waals surface area contributed by atoms with E-state index >= 15 is 0 Å². The summed E-state index contributed by atoms with van der Waals surface area (Å²) in [5, 5.41) is 9.87. The summed E-state index contributed by atoms with van der Waals surface area (Å²) < 4.78 is 11.5. The molecule has 1 N–H and O–H groups in total. The SMILES string of the molecule is Cc1ccccc1CC(CO)Cc1ccc(OCc2ccccc2)c(O[13CH3])c1. The zero-order valence-corrected chi connectivity index (χ0v) is 16.6. The van der Waals surface area contributed by atoms with Gasteiger partial charge >= 0.3 is 0 Å². The number of methoxy groups -OCH3 is 1. The highest BCUT2D eigenvalue weighted by Gasteiger charge is 2.13. The molecular weight excluding hydrogens is 349 g/mol. The summed E-state index contributed by atoms with van der Waals surface area (Å²) in [6, 6.07) is 24.5. The van der Waals surface area contributed by atoms with Crippen LogP contribution in [-0.4, -0.2) is 18.8 Å². The summed E-state index contributed by atoms with van der Waals surface area (Å²) in [5.74, 6) is 1.62. The van der Waals surface area contributed by atoms with Crippen LogP contribution in [0.25, 0.3) is 0 Å². The third-order valence-corrected chi connectivity index (χ3v) is 5.02. The Kier molecular flexibility index (Phi) is 7.10. The van der Waals surface area contributed by atoms with Gasteiger partial charge in [0.1, 0.15) is 6.61 Å². The van der Waals surface area contributed by atoms with Crippen molar-refractivity contribution >= 4 is 0 Å². The first-order valence-corrected chi connectivity index (χ1v) is 9.68. The second kappa shape index (κ2) is 9.95. The Morgan fingerprint density at radius 3 is 2.29 bits per heavy atom. The number of ether oxygens (including phenoxy) is 2. The van der Waals surface area contributed by atoms with E-state index in [9.17, 15) is 5.11 Å². The highest BCUT2D eigenvalue weighted by atomic mass is 16.5. The smallest absolute Gasteiger partial charge is 0.161 e. The van der Waals surface area contributed by atoms with Crippen molar-refractivity contribution in [2.75, 3.05) is 13.7 Å². The topological polar surface area (TPSA) is 38.7 Å². The largest absolute Gasteiger partial charge is 0.493 e. The van der Waals surface area contributed by atoms with E-state index < -0.39 is 0 Å². The lowest BCUT2D eigenvalue weighted by atomic mass is 9.91. The van der Waals surface area contributed by atoms with Gasteiger partial charge in [0.05, 0.1) is 7.11 Å². The number of rotatable bonds is 9. The molecule has 0 aliphatic rings. The molecule has 0 heterocycles. The molecular formula is C25H28O3. The van der Waals surface area contributed by atoms with Gasteiger partial charge in [0.2, 0.25) is 0 Å². The Hall–Kier alpha value is -2.78. The van der Waals surface area contributed by atoms with E-state index in [4.69, 9.17) is 9.47 Å². The molecule has 0 saturated heterocycles. The van der Waals surface area contributed by atoms with Crippen molar-refractivity contribution in [2.45, 2.75) is 26.4 Å². The molecule has 0 fully saturated rings. The van der Waals surface area contributed by atoms with Crippen molar-refractivity contribution in [1.82, 2.24) is 0 Å². The van der Waals surface area contributed by atoms with Crippen LogP contribution >= 0.6 is 0 Å². The maximum absolute atomic E-state index is 9.87. The van der Waals surface area contributed by atoms with Crippen LogP contribution in [0.3, 0.4) is 0 Å². The molecule has 28 heavy (non-hydrogen) atoms. The van der Waals surface area contributed by atoms with Gasteiger partial charge in [-0.2, -0.15) is 0 Å². The monoisotopic (exact) mass is 377 g/mol. The average Bonchev–Trinajstić information content (AvgIpc) is 2.74. The van der Waals surface area contributed by atoms with E-state index in [0.717, 1.165) is 35.5 Å². The Labute approximate surface area is 167 Å². The highest BCUT2D eigenvalue weighted by molar-refractivity contribution is 5.43. The third-order valence-electron chi connectivity index (χ3n) is 5.02. The van der Waals surface area contributed by atoms with Crippen molar-refractivity contribution in [1.29, 1.82) is 0 Å². The minimum absolute atomic E-state index is 0.156. The quantitative estimate of drug-likeness (QED) is 0.535. The molecule has 0 aliphatic carbocycles. The van der Waals surface area contributed by atoms with Crippen molar-refractivity contribution < 1.29 is 14.6 Å². The maximum Gasteiger partial charge on any atom is 0.161 e. The van der Waals surface area contributed by atoms with Gasteiger partial charge in [0, 0.05) is 6.61 Å². The van der Waals surface area contributed by atoms with Gasteiger partial charge < -0.3 is 14.6 Å². The lowest BCUT2D eigenvalue weighted by Crippen LogP contribution is -2.13. The summed E-state index contributed by atoms with van der Waals surface area (Å²) in [6.07, 6.45) is 1.65.